The molecule has 0 bridgehead atoms. The molecule has 8 heteroatoms. The molecule has 4 aromatic rings. The Kier molecular flexibility index (Phi) is 5.63. The van der Waals surface area contributed by atoms with Crippen LogP contribution in [0.15, 0.2) is 73.1 Å². The van der Waals surface area contributed by atoms with Crippen molar-refractivity contribution in [2.45, 2.75) is 25.0 Å². The SMILES string of the molecule is NOC(=O)c1cccc2cn(-c3ccc(CN4CCC(O)(c5ccccn5)CC4)cc3)nc12. The van der Waals surface area contributed by atoms with Crippen LogP contribution in [0.3, 0.4) is 0 Å². The van der Waals surface area contributed by atoms with E-state index in [2.05, 4.69) is 32.0 Å². The summed E-state index contributed by atoms with van der Waals surface area (Å²) in [5.41, 5.74) is 2.87. The van der Waals surface area contributed by atoms with Gasteiger partial charge in [0.2, 0.25) is 0 Å². The zero-order valence-corrected chi connectivity index (χ0v) is 18.1. The van der Waals surface area contributed by atoms with E-state index in [1.165, 1.54) is 5.56 Å². The molecule has 0 saturated carbocycles. The molecule has 0 atom stereocenters. The first-order valence-corrected chi connectivity index (χ1v) is 10.9. The third-order valence-electron chi connectivity index (χ3n) is 6.30. The summed E-state index contributed by atoms with van der Waals surface area (Å²) in [4.78, 5) is 23.0. The molecule has 8 nitrogen and oxygen atoms in total. The van der Waals surface area contributed by atoms with Crippen molar-refractivity contribution in [2.24, 2.45) is 5.90 Å². The lowest BCUT2D eigenvalue weighted by molar-refractivity contribution is -0.0311. The van der Waals surface area contributed by atoms with Gasteiger partial charge < -0.3 is 9.94 Å². The second-order valence-corrected chi connectivity index (χ2v) is 8.41. The van der Waals surface area contributed by atoms with Gasteiger partial charge in [0.1, 0.15) is 11.1 Å². The minimum absolute atomic E-state index is 0.334. The van der Waals surface area contributed by atoms with E-state index in [9.17, 15) is 9.90 Å². The highest BCUT2D eigenvalue weighted by Gasteiger charge is 2.34. The van der Waals surface area contributed by atoms with Gasteiger partial charge in [-0.2, -0.15) is 11.0 Å². The molecule has 1 saturated heterocycles. The van der Waals surface area contributed by atoms with Crippen LogP contribution in [0.4, 0.5) is 0 Å². The number of carbonyl (C=O) groups excluding carboxylic acids is 1. The molecule has 5 rings (SSSR count). The Morgan fingerprint density at radius 3 is 2.55 bits per heavy atom. The number of piperidine rings is 1. The molecule has 0 spiro atoms. The normalized spacial score (nSPS) is 16.1. The van der Waals surface area contributed by atoms with E-state index in [0.29, 0.717) is 23.9 Å². The number of carbonyl (C=O) groups is 1. The van der Waals surface area contributed by atoms with Crippen LogP contribution in [0.5, 0.6) is 0 Å². The van der Waals surface area contributed by atoms with Gasteiger partial charge in [-0.3, -0.25) is 9.88 Å². The van der Waals surface area contributed by atoms with Crippen LogP contribution in [-0.4, -0.2) is 43.8 Å². The first-order chi connectivity index (χ1) is 16.1. The number of hydrogen-bond donors (Lipinski definition) is 2. The minimum atomic E-state index is -0.848. The van der Waals surface area contributed by atoms with Crippen molar-refractivity contribution in [3.8, 4) is 5.69 Å². The van der Waals surface area contributed by atoms with Crippen LogP contribution in [0.2, 0.25) is 0 Å². The van der Waals surface area contributed by atoms with E-state index in [4.69, 9.17) is 5.90 Å². The van der Waals surface area contributed by atoms with Crippen LogP contribution >= 0.6 is 0 Å². The summed E-state index contributed by atoms with van der Waals surface area (Å²) in [6.45, 7) is 2.42. The van der Waals surface area contributed by atoms with Crippen LogP contribution in [-0.2, 0) is 17.0 Å². The number of benzene rings is 2. The van der Waals surface area contributed by atoms with Gasteiger partial charge in [-0.05, 0) is 48.7 Å². The van der Waals surface area contributed by atoms with E-state index >= 15 is 0 Å². The van der Waals surface area contributed by atoms with Crippen LogP contribution < -0.4 is 5.90 Å². The van der Waals surface area contributed by atoms with Gasteiger partial charge >= 0.3 is 5.97 Å². The Balaban J connectivity index is 1.27. The number of nitrogens with zero attached hydrogens (tertiary/aromatic N) is 4. The summed E-state index contributed by atoms with van der Waals surface area (Å²) in [6, 6.07) is 19.2. The monoisotopic (exact) mass is 443 g/mol. The van der Waals surface area contributed by atoms with Gasteiger partial charge in [0.05, 0.1) is 16.9 Å². The lowest BCUT2D eigenvalue weighted by Gasteiger charge is -2.37. The number of hydrogen-bond acceptors (Lipinski definition) is 7. The molecule has 0 radical (unpaired) electrons. The standard InChI is InChI=1S/C25H25N5O3/c26-33-24(31)21-5-3-4-19-17-30(28-23(19)21)20-9-7-18(8-10-20)16-29-14-11-25(32,12-15-29)22-6-1-2-13-27-22/h1-10,13,17,32H,11-12,14-16,26H2. The fraction of sp³-hybridized carbons (Fsp3) is 0.240. The molecule has 0 amide bonds. The molecule has 1 aliphatic heterocycles. The molecule has 3 heterocycles. The van der Waals surface area contributed by atoms with Crippen molar-refractivity contribution in [1.82, 2.24) is 19.7 Å². The third kappa shape index (κ3) is 4.23. The molecule has 0 aliphatic carbocycles. The Morgan fingerprint density at radius 1 is 1.06 bits per heavy atom. The predicted octanol–water partition coefficient (Wildman–Crippen LogP) is 2.93. The summed E-state index contributed by atoms with van der Waals surface area (Å²) in [7, 11) is 0. The lowest BCUT2D eigenvalue weighted by atomic mass is 9.87. The number of nitrogens with two attached hydrogens (primary N) is 1. The van der Waals surface area contributed by atoms with Crippen molar-refractivity contribution in [3.05, 3.63) is 89.9 Å². The number of rotatable bonds is 5. The number of likely N-dealkylation sites (tertiary alicyclic amines) is 1. The minimum Gasteiger partial charge on any atom is -0.383 e. The summed E-state index contributed by atoms with van der Waals surface area (Å²) < 4.78 is 1.75. The smallest absolute Gasteiger partial charge is 0.358 e. The molecule has 0 unspecified atom stereocenters. The highest BCUT2D eigenvalue weighted by molar-refractivity contribution is 6.02. The third-order valence-corrected chi connectivity index (χ3v) is 6.30. The van der Waals surface area contributed by atoms with Crippen molar-refractivity contribution in [3.63, 3.8) is 0 Å². The van der Waals surface area contributed by atoms with E-state index in [1.807, 2.05) is 42.6 Å². The fourth-order valence-corrected chi connectivity index (χ4v) is 4.39. The molecule has 1 fully saturated rings. The maximum absolute atomic E-state index is 11.9. The number of fused-ring (bicyclic) bond motifs is 1. The zero-order chi connectivity index (χ0) is 22.8. The highest BCUT2D eigenvalue weighted by Crippen LogP contribution is 2.32. The van der Waals surface area contributed by atoms with Crippen molar-refractivity contribution in [1.29, 1.82) is 0 Å². The Labute approximate surface area is 191 Å². The van der Waals surface area contributed by atoms with Gasteiger partial charge in [-0.25, -0.2) is 9.48 Å². The van der Waals surface area contributed by atoms with Crippen LogP contribution in [0.25, 0.3) is 16.6 Å². The lowest BCUT2D eigenvalue weighted by Crippen LogP contribution is -2.42. The second-order valence-electron chi connectivity index (χ2n) is 8.41. The van der Waals surface area contributed by atoms with Gasteiger partial charge in [-0.15, -0.1) is 0 Å². The molecule has 33 heavy (non-hydrogen) atoms. The maximum atomic E-state index is 11.9. The zero-order valence-electron chi connectivity index (χ0n) is 18.1. The first kappa shape index (κ1) is 21.3. The molecule has 2 aromatic carbocycles. The molecular weight excluding hydrogens is 418 g/mol. The van der Waals surface area contributed by atoms with Gasteiger partial charge in [0.25, 0.3) is 0 Å². The Hall–Kier alpha value is -3.59. The van der Waals surface area contributed by atoms with Crippen LogP contribution in [0, 0.1) is 0 Å². The molecule has 1 aliphatic rings. The number of aliphatic hydroxyl groups is 1. The first-order valence-electron chi connectivity index (χ1n) is 10.9. The average Bonchev–Trinajstić information content (AvgIpc) is 3.30. The van der Waals surface area contributed by atoms with E-state index < -0.39 is 11.6 Å². The van der Waals surface area contributed by atoms with E-state index in [1.54, 1.807) is 23.0 Å². The Morgan fingerprint density at radius 2 is 1.85 bits per heavy atom. The maximum Gasteiger partial charge on any atom is 0.358 e. The van der Waals surface area contributed by atoms with Crippen molar-refractivity contribution < 1.29 is 14.7 Å². The van der Waals surface area contributed by atoms with Gasteiger partial charge in [0.15, 0.2) is 0 Å². The molecule has 2 aromatic heterocycles. The average molecular weight is 444 g/mol. The number of aromatic nitrogens is 3. The predicted molar refractivity (Wildman–Crippen MR) is 123 cm³/mol. The summed E-state index contributed by atoms with van der Waals surface area (Å²) in [5.74, 6) is 4.43. The topological polar surface area (TPSA) is 106 Å². The van der Waals surface area contributed by atoms with E-state index in [-0.39, 0.29) is 0 Å². The van der Waals surface area contributed by atoms with Crippen molar-refractivity contribution >= 4 is 16.9 Å². The molecule has 3 N–H and O–H groups in total. The van der Waals surface area contributed by atoms with E-state index in [0.717, 1.165) is 36.4 Å². The second kappa shape index (κ2) is 8.74. The van der Waals surface area contributed by atoms with Gasteiger partial charge in [-0.1, -0.05) is 30.3 Å². The number of pyridine rings is 1. The summed E-state index contributed by atoms with van der Waals surface area (Å²) in [5, 5.41) is 16.4. The summed E-state index contributed by atoms with van der Waals surface area (Å²) in [6.07, 6.45) is 4.93. The van der Waals surface area contributed by atoms with Crippen LogP contribution in [0.1, 0.15) is 34.5 Å². The molecular formula is C25H25N5O3. The van der Waals surface area contributed by atoms with Gasteiger partial charge in [0, 0.05) is 37.4 Å². The Bertz CT molecular complexity index is 1260. The quantitative estimate of drug-likeness (QED) is 0.457. The molecule has 168 valence electrons. The summed E-state index contributed by atoms with van der Waals surface area (Å²) >= 11 is 0. The fourth-order valence-electron chi connectivity index (χ4n) is 4.39. The highest BCUT2D eigenvalue weighted by atomic mass is 16.7. The largest absolute Gasteiger partial charge is 0.383 e. The van der Waals surface area contributed by atoms with Crippen molar-refractivity contribution in [2.75, 3.05) is 13.1 Å².